The number of anilines is 2. The van der Waals surface area contributed by atoms with Gasteiger partial charge in [0.1, 0.15) is 17.7 Å². The van der Waals surface area contributed by atoms with Crippen molar-refractivity contribution >= 4 is 17.5 Å². The summed E-state index contributed by atoms with van der Waals surface area (Å²) in [5, 5.41) is 2.85. The molecule has 2 aromatic rings. The molecule has 0 unspecified atom stereocenters. The Morgan fingerprint density at radius 3 is 2.68 bits per heavy atom. The number of pyridine rings is 1. The van der Waals surface area contributed by atoms with Crippen LogP contribution < -0.4 is 10.2 Å². The summed E-state index contributed by atoms with van der Waals surface area (Å²) in [6, 6.07) is 9.63. The lowest BCUT2D eigenvalue weighted by Crippen LogP contribution is -2.44. The fraction of sp³-hybridized carbons (Fsp3) is 0.333. The lowest BCUT2D eigenvalue weighted by molar-refractivity contribution is -0.0135. The summed E-state index contributed by atoms with van der Waals surface area (Å²) in [7, 11) is 3.81. The summed E-state index contributed by atoms with van der Waals surface area (Å²) in [4.78, 5) is 20.3. The van der Waals surface area contributed by atoms with Crippen molar-refractivity contribution in [1.29, 1.82) is 0 Å². The van der Waals surface area contributed by atoms with E-state index in [-0.39, 0.29) is 18.0 Å². The molecule has 0 spiro atoms. The number of amides is 2. The van der Waals surface area contributed by atoms with Crippen molar-refractivity contribution in [3.63, 3.8) is 0 Å². The van der Waals surface area contributed by atoms with Gasteiger partial charge in [-0.25, -0.2) is 14.2 Å². The highest BCUT2D eigenvalue weighted by Gasteiger charge is 2.25. The number of halogens is 1. The van der Waals surface area contributed by atoms with Crippen LogP contribution in [0.4, 0.5) is 20.7 Å². The number of carbonyl (C=O) groups is 1. The number of benzene rings is 1. The maximum Gasteiger partial charge on any atom is 0.322 e. The first-order valence-electron chi connectivity index (χ1n) is 8.09. The molecule has 1 atom stereocenters. The van der Waals surface area contributed by atoms with E-state index in [0.717, 1.165) is 11.4 Å². The highest BCUT2D eigenvalue weighted by atomic mass is 19.1. The van der Waals surface area contributed by atoms with Gasteiger partial charge in [0.2, 0.25) is 0 Å². The van der Waals surface area contributed by atoms with Gasteiger partial charge >= 0.3 is 6.03 Å². The lowest BCUT2D eigenvalue weighted by atomic mass is 10.1. The third kappa shape index (κ3) is 4.24. The van der Waals surface area contributed by atoms with E-state index in [9.17, 15) is 9.18 Å². The number of carbonyl (C=O) groups excluding carboxylic acids is 1. The number of ether oxygens (including phenoxy) is 1. The predicted molar refractivity (Wildman–Crippen MR) is 94.2 cm³/mol. The molecular formula is C18H21FN4O2. The Bertz CT molecular complexity index is 719. The summed E-state index contributed by atoms with van der Waals surface area (Å²) in [5.41, 5.74) is 1.50. The first-order valence-corrected chi connectivity index (χ1v) is 8.09. The molecule has 6 nitrogen and oxygen atoms in total. The van der Waals surface area contributed by atoms with Crippen LogP contribution in [0.3, 0.4) is 0 Å². The van der Waals surface area contributed by atoms with Gasteiger partial charge in [-0.05, 0) is 29.8 Å². The van der Waals surface area contributed by atoms with Crippen molar-refractivity contribution in [3.8, 4) is 0 Å². The average Bonchev–Trinajstić information content (AvgIpc) is 2.63. The van der Waals surface area contributed by atoms with Gasteiger partial charge in [0.15, 0.2) is 0 Å². The molecule has 1 saturated heterocycles. The summed E-state index contributed by atoms with van der Waals surface area (Å²) in [6.07, 6.45) is 1.37. The summed E-state index contributed by atoms with van der Waals surface area (Å²) in [6.45, 7) is 1.36. The van der Waals surface area contributed by atoms with Crippen LogP contribution >= 0.6 is 0 Å². The van der Waals surface area contributed by atoms with Crippen LogP contribution in [0.2, 0.25) is 0 Å². The van der Waals surface area contributed by atoms with E-state index in [2.05, 4.69) is 10.3 Å². The Hall–Kier alpha value is -2.67. The van der Waals surface area contributed by atoms with Crippen molar-refractivity contribution < 1.29 is 13.9 Å². The van der Waals surface area contributed by atoms with Crippen LogP contribution in [0, 0.1) is 5.82 Å². The summed E-state index contributed by atoms with van der Waals surface area (Å²) >= 11 is 0. The SMILES string of the molecule is CN(C)c1ccc(NC(=O)N2CCO[C@@H](c3ccc(F)cc3)C2)cn1. The smallest absolute Gasteiger partial charge is 0.322 e. The molecule has 2 amide bonds. The highest BCUT2D eigenvalue weighted by molar-refractivity contribution is 5.89. The van der Waals surface area contributed by atoms with Gasteiger partial charge < -0.3 is 19.9 Å². The minimum absolute atomic E-state index is 0.199. The Balaban J connectivity index is 1.62. The molecule has 0 saturated carbocycles. The number of aromatic nitrogens is 1. The molecule has 3 rings (SSSR count). The highest BCUT2D eigenvalue weighted by Crippen LogP contribution is 2.23. The lowest BCUT2D eigenvalue weighted by Gasteiger charge is -2.33. The largest absolute Gasteiger partial charge is 0.370 e. The molecular weight excluding hydrogens is 323 g/mol. The monoisotopic (exact) mass is 344 g/mol. The summed E-state index contributed by atoms with van der Waals surface area (Å²) in [5.74, 6) is 0.531. The van der Waals surface area contributed by atoms with E-state index >= 15 is 0 Å². The van der Waals surface area contributed by atoms with Gasteiger partial charge in [-0.1, -0.05) is 12.1 Å². The van der Waals surface area contributed by atoms with E-state index in [1.165, 1.54) is 12.1 Å². The number of hydrogen-bond donors (Lipinski definition) is 1. The first kappa shape index (κ1) is 17.2. The Morgan fingerprint density at radius 2 is 2.04 bits per heavy atom. The molecule has 1 aromatic carbocycles. The fourth-order valence-electron chi connectivity index (χ4n) is 2.64. The second kappa shape index (κ2) is 7.48. The second-order valence-corrected chi connectivity index (χ2v) is 6.09. The standard InChI is InChI=1S/C18H21FN4O2/c1-22(2)17-8-7-15(11-20-17)21-18(24)23-9-10-25-16(12-23)13-3-5-14(19)6-4-13/h3-8,11,16H,9-10,12H2,1-2H3,(H,21,24)/t16-/m1/s1. The van der Waals surface area contributed by atoms with Gasteiger partial charge in [0.05, 0.1) is 25.0 Å². The maximum atomic E-state index is 13.1. The van der Waals surface area contributed by atoms with Crippen LogP contribution in [-0.4, -0.2) is 49.7 Å². The van der Waals surface area contributed by atoms with Crippen molar-refractivity contribution in [1.82, 2.24) is 9.88 Å². The molecule has 1 aliphatic heterocycles. The Labute approximate surface area is 146 Å². The molecule has 0 aliphatic carbocycles. The quantitative estimate of drug-likeness (QED) is 0.930. The van der Waals surface area contributed by atoms with E-state index in [1.54, 1.807) is 23.2 Å². The molecule has 1 aromatic heterocycles. The normalized spacial score (nSPS) is 17.2. The maximum absolute atomic E-state index is 13.1. The number of nitrogens with one attached hydrogen (secondary N) is 1. The van der Waals surface area contributed by atoms with Crippen molar-refractivity contribution in [2.75, 3.05) is 44.0 Å². The van der Waals surface area contributed by atoms with Crippen LogP contribution in [0.5, 0.6) is 0 Å². The van der Waals surface area contributed by atoms with Crippen LogP contribution in [0.1, 0.15) is 11.7 Å². The molecule has 7 heteroatoms. The second-order valence-electron chi connectivity index (χ2n) is 6.09. The van der Waals surface area contributed by atoms with Crippen molar-refractivity contribution in [2.24, 2.45) is 0 Å². The fourth-order valence-corrected chi connectivity index (χ4v) is 2.64. The number of morpholine rings is 1. The van der Waals surface area contributed by atoms with Gasteiger partial charge in [-0.3, -0.25) is 0 Å². The van der Waals surface area contributed by atoms with Gasteiger partial charge in [0.25, 0.3) is 0 Å². The first-order chi connectivity index (χ1) is 12.0. The third-order valence-corrected chi connectivity index (χ3v) is 4.05. The van der Waals surface area contributed by atoms with Crippen molar-refractivity contribution in [2.45, 2.75) is 6.10 Å². The molecule has 0 radical (unpaired) electrons. The van der Waals surface area contributed by atoms with Gasteiger partial charge in [-0.15, -0.1) is 0 Å². The molecule has 1 fully saturated rings. The van der Waals surface area contributed by atoms with Gasteiger partial charge in [0, 0.05) is 20.6 Å². The van der Waals surface area contributed by atoms with E-state index in [1.807, 2.05) is 31.1 Å². The third-order valence-electron chi connectivity index (χ3n) is 4.05. The molecule has 132 valence electrons. The minimum atomic E-state index is -0.289. The molecule has 1 N–H and O–H groups in total. The van der Waals surface area contributed by atoms with Crippen molar-refractivity contribution in [3.05, 3.63) is 54.0 Å². The minimum Gasteiger partial charge on any atom is -0.370 e. The van der Waals surface area contributed by atoms with Gasteiger partial charge in [-0.2, -0.15) is 0 Å². The number of rotatable bonds is 3. The van der Waals surface area contributed by atoms with Crippen LogP contribution in [-0.2, 0) is 4.74 Å². The zero-order valence-electron chi connectivity index (χ0n) is 14.3. The topological polar surface area (TPSA) is 57.7 Å². The van der Waals surface area contributed by atoms with E-state index in [4.69, 9.17) is 4.74 Å². The zero-order chi connectivity index (χ0) is 17.8. The number of nitrogens with zero attached hydrogens (tertiary/aromatic N) is 3. The Morgan fingerprint density at radius 1 is 1.28 bits per heavy atom. The number of hydrogen-bond acceptors (Lipinski definition) is 4. The number of urea groups is 1. The predicted octanol–water partition coefficient (Wildman–Crippen LogP) is 2.89. The summed E-state index contributed by atoms with van der Waals surface area (Å²) < 4.78 is 18.8. The van der Waals surface area contributed by atoms with E-state index < -0.39 is 0 Å². The van der Waals surface area contributed by atoms with Crippen LogP contribution in [0.25, 0.3) is 0 Å². The molecule has 1 aliphatic rings. The molecule has 2 heterocycles. The van der Waals surface area contributed by atoms with Crippen LogP contribution in [0.15, 0.2) is 42.6 Å². The van der Waals surface area contributed by atoms with E-state index in [0.29, 0.717) is 25.4 Å². The average molecular weight is 344 g/mol. The zero-order valence-corrected chi connectivity index (χ0v) is 14.3. The molecule has 25 heavy (non-hydrogen) atoms. The molecule has 0 bridgehead atoms. The Kier molecular flexibility index (Phi) is 5.14.